The quantitative estimate of drug-likeness (QED) is 0.720. The predicted octanol–water partition coefficient (Wildman–Crippen LogP) is 2.77. The van der Waals surface area contributed by atoms with Gasteiger partial charge in [0.25, 0.3) is 0 Å². The molecule has 0 amide bonds. The van der Waals surface area contributed by atoms with E-state index < -0.39 is 0 Å². The van der Waals surface area contributed by atoms with Crippen molar-refractivity contribution < 1.29 is 9.13 Å². The first-order valence-electron chi connectivity index (χ1n) is 5.81. The van der Waals surface area contributed by atoms with Gasteiger partial charge in [-0.2, -0.15) is 0 Å². The normalized spacial score (nSPS) is 10.4. The topological polar surface area (TPSA) is 21.3 Å². The molecule has 0 heterocycles. The monoisotopic (exact) mass is 225 g/mol. The number of methoxy groups -OCH3 is 1. The maximum Gasteiger partial charge on any atom is 0.130 e. The second-order valence-electron chi connectivity index (χ2n) is 3.81. The van der Waals surface area contributed by atoms with E-state index in [1.54, 1.807) is 19.2 Å². The van der Waals surface area contributed by atoms with Crippen LogP contribution in [0.5, 0.6) is 5.75 Å². The number of aryl methyl sites for hydroxylation is 1. The van der Waals surface area contributed by atoms with Crippen LogP contribution in [0.15, 0.2) is 18.2 Å². The van der Waals surface area contributed by atoms with Gasteiger partial charge < -0.3 is 10.1 Å². The third kappa shape index (κ3) is 4.19. The zero-order valence-electron chi connectivity index (χ0n) is 10.1. The molecule has 0 unspecified atom stereocenters. The van der Waals surface area contributed by atoms with Crippen LogP contribution in [0.4, 0.5) is 4.39 Å². The van der Waals surface area contributed by atoms with E-state index in [0.717, 1.165) is 37.9 Å². The number of hydrogen-bond donors (Lipinski definition) is 1. The van der Waals surface area contributed by atoms with Crippen LogP contribution in [0.1, 0.15) is 25.3 Å². The van der Waals surface area contributed by atoms with E-state index in [4.69, 9.17) is 4.74 Å². The van der Waals surface area contributed by atoms with Crippen molar-refractivity contribution in [1.82, 2.24) is 5.32 Å². The second-order valence-corrected chi connectivity index (χ2v) is 3.81. The Morgan fingerprint density at radius 1 is 1.31 bits per heavy atom. The Labute approximate surface area is 96.8 Å². The first-order chi connectivity index (χ1) is 7.77. The molecule has 0 saturated carbocycles. The van der Waals surface area contributed by atoms with Gasteiger partial charge in [0.2, 0.25) is 0 Å². The molecule has 1 aromatic carbocycles. The molecule has 0 saturated heterocycles. The molecule has 0 atom stereocenters. The van der Waals surface area contributed by atoms with Crippen molar-refractivity contribution in [3.8, 4) is 5.75 Å². The highest BCUT2D eigenvalue weighted by Crippen LogP contribution is 2.17. The lowest BCUT2D eigenvalue weighted by Crippen LogP contribution is -2.16. The summed E-state index contributed by atoms with van der Waals surface area (Å²) in [5, 5.41) is 3.30. The second kappa shape index (κ2) is 7.23. The number of nitrogens with one attached hydrogen (secondary N) is 1. The Balaban J connectivity index is 2.36. The Morgan fingerprint density at radius 2 is 2.12 bits per heavy atom. The highest BCUT2D eigenvalue weighted by Gasteiger charge is 2.03. The van der Waals surface area contributed by atoms with Gasteiger partial charge in [-0.1, -0.05) is 13.0 Å². The number of hydrogen-bond acceptors (Lipinski definition) is 2. The molecule has 1 aromatic rings. The molecular formula is C13H20FNO. The first kappa shape index (κ1) is 13.0. The van der Waals surface area contributed by atoms with Crippen LogP contribution in [-0.2, 0) is 6.42 Å². The fraction of sp³-hybridized carbons (Fsp3) is 0.538. The molecule has 0 aliphatic rings. The molecule has 2 nitrogen and oxygen atoms in total. The van der Waals surface area contributed by atoms with Crippen LogP contribution < -0.4 is 10.1 Å². The molecule has 0 aliphatic carbocycles. The van der Waals surface area contributed by atoms with Crippen LogP contribution in [0.3, 0.4) is 0 Å². The van der Waals surface area contributed by atoms with Crippen molar-refractivity contribution in [2.45, 2.75) is 26.2 Å². The van der Waals surface area contributed by atoms with Crippen LogP contribution in [-0.4, -0.2) is 20.2 Å². The van der Waals surface area contributed by atoms with E-state index in [1.165, 1.54) is 6.07 Å². The lowest BCUT2D eigenvalue weighted by Gasteiger charge is -2.06. The SMILES string of the molecule is CCCNCCCc1ccc(OC)cc1F. The summed E-state index contributed by atoms with van der Waals surface area (Å²) in [6, 6.07) is 5.04. The number of ether oxygens (including phenoxy) is 1. The molecule has 0 aliphatic heterocycles. The molecule has 0 spiro atoms. The summed E-state index contributed by atoms with van der Waals surface area (Å²) >= 11 is 0. The number of halogens is 1. The summed E-state index contributed by atoms with van der Waals surface area (Å²) in [5.74, 6) is 0.403. The van der Waals surface area contributed by atoms with Crippen LogP contribution in [0.2, 0.25) is 0 Å². The molecule has 16 heavy (non-hydrogen) atoms. The molecule has 0 fully saturated rings. The van der Waals surface area contributed by atoms with Crippen molar-refractivity contribution in [3.63, 3.8) is 0 Å². The summed E-state index contributed by atoms with van der Waals surface area (Å²) in [6.07, 6.45) is 2.87. The van der Waals surface area contributed by atoms with Gasteiger partial charge >= 0.3 is 0 Å². The van der Waals surface area contributed by atoms with Crippen molar-refractivity contribution in [2.75, 3.05) is 20.2 Å². The minimum atomic E-state index is -0.171. The third-order valence-electron chi connectivity index (χ3n) is 2.49. The zero-order valence-corrected chi connectivity index (χ0v) is 10.1. The maximum absolute atomic E-state index is 13.5. The summed E-state index contributed by atoms with van der Waals surface area (Å²) in [7, 11) is 1.54. The Hall–Kier alpha value is -1.09. The first-order valence-corrected chi connectivity index (χ1v) is 5.81. The number of benzene rings is 1. The molecule has 0 bridgehead atoms. The van der Waals surface area contributed by atoms with Crippen molar-refractivity contribution in [2.24, 2.45) is 0 Å². The van der Waals surface area contributed by atoms with Crippen LogP contribution >= 0.6 is 0 Å². The van der Waals surface area contributed by atoms with Gasteiger partial charge in [-0.3, -0.25) is 0 Å². The fourth-order valence-electron chi connectivity index (χ4n) is 1.56. The summed E-state index contributed by atoms with van der Waals surface area (Å²) < 4.78 is 18.5. The van der Waals surface area contributed by atoms with Gasteiger partial charge in [0.1, 0.15) is 11.6 Å². The van der Waals surface area contributed by atoms with Crippen molar-refractivity contribution in [3.05, 3.63) is 29.6 Å². The van der Waals surface area contributed by atoms with Crippen LogP contribution in [0.25, 0.3) is 0 Å². The molecule has 3 heteroatoms. The number of rotatable bonds is 7. The Kier molecular flexibility index (Phi) is 5.86. The van der Waals surface area contributed by atoms with Crippen molar-refractivity contribution in [1.29, 1.82) is 0 Å². The van der Waals surface area contributed by atoms with E-state index in [0.29, 0.717) is 5.75 Å². The lowest BCUT2D eigenvalue weighted by molar-refractivity contribution is 0.410. The van der Waals surface area contributed by atoms with Gasteiger partial charge in [0.05, 0.1) is 7.11 Å². The molecule has 1 rings (SSSR count). The molecule has 90 valence electrons. The van der Waals surface area contributed by atoms with E-state index in [9.17, 15) is 4.39 Å². The van der Waals surface area contributed by atoms with Crippen LogP contribution in [0, 0.1) is 5.82 Å². The molecule has 0 aromatic heterocycles. The van der Waals surface area contributed by atoms with E-state index >= 15 is 0 Å². The Morgan fingerprint density at radius 3 is 2.75 bits per heavy atom. The molecule has 1 N–H and O–H groups in total. The highest BCUT2D eigenvalue weighted by atomic mass is 19.1. The van der Waals surface area contributed by atoms with Gasteiger partial charge in [-0.15, -0.1) is 0 Å². The van der Waals surface area contributed by atoms with E-state index in [-0.39, 0.29) is 5.82 Å². The third-order valence-corrected chi connectivity index (χ3v) is 2.49. The molecule has 0 radical (unpaired) electrons. The smallest absolute Gasteiger partial charge is 0.130 e. The van der Waals surface area contributed by atoms with Gasteiger partial charge in [-0.25, -0.2) is 4.39 Å². The largest absolute Gasteiger partial charge is 0.497 e. The summed E-state index contributed by atoms with van der Waals surface area (Å²) in [6.45, 7) is 4.11. The summed E-state index contributed by atoms with van der Waals surface area (Å²) in [5.41, 5.74) is 0.763. The standard InChI is InChI=1S/C13H20FNO/c1-3-8-15-9-4-5-11-6-7-12(16-2)10-13(11)14/h6-7,10,15H,3-5,8-9H2,1-2H3. The minimum absolute atomic E-state index is 0.171. The van der Waals surface area contributed by atoms with E-state index in [2.05, 4.69) is 12.2 Å². The van der Waals surface area contributed by atoms with Crippen molar-refractivity contribution >= 4 is 0 Å². The van der Waals surface area contributed by atoms with Gasteiger partial charge in [0, 0.05) is 6.07 Å². The Bertz CT molecular complexity index is 315. The highest BCUT2D eigenvalue weighted by molar-refractivity contribution is 5.28. The lowest BCUT2D eigenvalue weighted by atomic mass is 10.1. The average Bonchev–Trinajstić information content (AvgIpc) is 2.30. The summed E-state index contributed by atoms with van der Waals surface area (Å²) in [4.78, 5) is 0. The van der Waals surface area contributed by atoms with Gasteiger partial charge in [0.15, 0.2) is 0 Å². The predicted molar refractivity (Wildman–Crippen MR) is 64.4 cm³/mol. The fourth-order valence-corrected chi connectivity index (χ4v) is 1.56. The van der Waals surface area contributed by atoms with Gasteiger partial charge in [-0.05, 0) is 44.0 Å². The maximum atomic E-state index is 13.5. The van der Waals surface area contributed by atoms with E-state index in [1.807, 2.05) is 0 Å². The average molecular weight is 225 g/mol. The zero-order chi connectivity index (χ0) is 11.8. The minimum Gasteiger partial charge on any atom is -0.497 e. The molecular weight excluding hydrogens is 205 g/mol.